The van der Waals surface area contributed by atoms with Crippen LogP contribution in [0, 0.1) is 0 Å². The van der Waals surface area contributed by atoms with E-state index in [9.17, 15) is 4.79 Å². The summed E-state index contributed by atoms with van der Waals surface area (Å²) >= 11 is 0. The van der Waals surface area contributed by atoms with Crippen LogP contribution in [0.1, 0.15) is 42.3 Å². The highest BCUT2D eigenvalue weighted by atomic mass is 16.5. The second-order valence-corrected chi connectivity index (χ2v) is 11.1. The first-order valence-corrected chi connectivity index (χ1v) is 15.6. The summed E-state index contributed by atoms with van der Waals surface area (Å²) in [6.07, 6.45) is 2.39. The van der Waals surface area contributed by atoms with Crippen molar-refractivity contribution in [3.8, 4) is 11.5 Å². The average Bonchev–Trinajstić information content (AvgIpc) is 3.02. The number of fused-ring (bicyclic) bond motifs is 1. The number of anilines is 2. The highest BCUT2D eigenvalue weighted by molar-refractivity contribution is 6.08. The molecule has 1 aromatic heterocycles. The van der Waals surface area contributed by atoms with Crippen LogP contribution in [0.15, 0.2) is 36.5 Å². The van der Waals surface area contributed by atoms with Gasteiger partial charge in [-0.3, -0.25) is 24.5 Å². The van der Waals surface area contributed by atoms with Crippen molar-refractivity contribution >= 4 is 28.2 Å². The van der Waals surface area contributed by atoms with E-state index in [0.29, 0.717) is 41.5 Å². The van der Waals surface area contributed by atoms with Crippen molar-refractivity contribution in [2.45, 2.75) is 33.7 Å². The lowest BCUT2D eigenvalue weighted by atomic mass is 10.0. The zero-order chi connectivity index (χ0) is 30.2. The molecular formula is C33H46N6O4. The highest BCUT2D eigenvalue weighted by Crippen LogP contribution is 2.38. The predicted molar refractivity (Wildman–Crippen MR) is 171 cm³/mol. The molecule has 3 aromatic rings. The molecule has 10 heteroatoms. The Hall–Kier alpha value is -3.44. The average molecular weight is 591 g/mol. The fourth-order valence-corrected chi connectivity index (χ4v) is 6.03. The fraction of sp³-hybridized carbons (Fsp3) is 0.515. The standard InChI is InChI=1S/C33H46N6O4/c1-4-25-24(23-39-14-12-37(13-15-39)10-11-38-16-18-41-19-17-38)8-7-9-28(25)36-32-26-20-30(42-5-2)31(43-6-3)21-29(26)35-22-27(32)33(34)40/h7-9,20-22H,4-6,10-19,23H2,1-3H3,(H2,34,40)(H,35,36). The third-order valence-corrected chi connectivity index (χ3v) is 8.38. The van der Waals surface area contributed by atoms with Gasteiger partial charge in [0.2, 0.25) is 0 Å². The van der Waals surface area contributed by atoms with Gasteiger partial charge in [-0.2, -0.15) is 0 Å². The molecule has 0 spiro atoms. The van der Waals surface area contributed by atoms with Gasteiger partial charge >= 0.3 is 0 Å². The minimum atomic E-state index is -0.538. The predicted octanol–water partition coefficient (Wildman–Crippen LogP) is 3.89. The molecule has 2 fully saturated rings. The molecule has 0 aliphatic carbocycles. The van der Waals surface area contributed by atoms with Gasteiger partial charge in [-0.05, 0) is 43.5 Å². The van der Waals surface area contributed by atoms with E-state index in [1.54, 1.807) is 0 Å². The van der Waals surface area contributed by atoms with E-state index >= 15 is 0 Å². The van der Waals surface area contributed by atoms with Crippen LogP contribution >= 0.6 is 0 Å². The molecule has 2 aliphatic heterocycles. The number of ether oxygens (including phenoxy) is 3. The summed E-state index contributed by atoms with van der Waals surface area (Å²) < 4.78 is 17.2. The van der Waals surface area contributed by atoms with Crippen molar-refractivity contribution in [3.05, 3.63) is 53.2 Å². The first-order chi connectivity index (χ1) is 21.0. The van der Waals surface area contributed by atoms with Crippen molar-refractivity contribution in [3.63, 3.8) is 0 Å². The van der Waals surface area contributed by atoms with Gasteiger partial charge in [-0.15, -0.1) is 0 Å². The lowest BCUT2D eigenvalue weighted by Gasteiger charge is -2.36. The number of piperazine rings is 1. The summed E-state index contributed by atoms with van der Waals surface area (Å²) in [5, 5.41) is 4.35. The van der Waals surface area contributed by atoms with E-state index in [0.717, 1.165) is 89.6 Å². The lowest BCUT2D eigenvalue weighted by molar-refractivity contribution is 0.0296. The molecule has 0 bridgehead atoms. The van der Waals surface area contributed by atoms with Crippen molar-refractivity contribution < 1.29 is 19.0 Å². The fourth-order valence-electron chi connectivity index (χ4n) is 6.03. The second-order valence-electron chi connectivity index (χ2n) is 11.1. The number of carbonyl (C=O) groups excluding carboxylic acids is 1. The number of carbonyl (C=O) groups is 1. The smallest absolute Gasteiger partial charge is 0.252 e. The number of hydrogen-bond acceptors (Lipinski definition) is 9. The Morgan fingerprint density at radius 1 is 0.930 bits per heavy atom. The topological polar surface area (TPSA) is 105 Å². The van der Waals surface area contributed by atoms with Gasteiger partial charge in [0, 0.05) is 82.2 Å². The maximum atomic E-state index is 12.6. The Bertz CT molecular complexity index is 1390. The van der Waals surface area contributed by atoms with Gasteiger partial charge < -0.3 is 25.3 Å². The van der Waals surface area contributed by atoms with Crippen LogP contribution < -0.4 is 20.5 Å². The Kier molecular flexibility index (Phi) is 10.7. The summed E-state index contributed by atoms with van der Waals surface area (Å²) in [6, 6.07) is 10.1. The first-order valence-electron chi connectivity index (χ1n) is 15.6. The Morgan fingerprint density at radius 2 is 1.58 bits per heavy atom. The Morgan fingerprint density at radius 3 is 2.23 bits per heavy atom. The Balaban J connectivity index is 1.34. The molecule has 232 valence electrons. The summed E-state index contributed by atoms with van der Waals surface area (Å²) in [5.41, 5.74) is 11.0. The SMILES string of the molecule is CCOc1cc2ncc(C(N)=O)c(Nc3cccc(CN4CCN(CCN5CCOCC5)CC4)c3CC)c2cc1OCC. The van der Waals surface area contributed by atoms with E-state index < -0.39 is 5.91 Å². The maximum Gasteiger partial charge on any atom is 0.252 e. The zero-order valence-electron chi connectivity index (χ0n) is 25.9. The third kappa shape index (κ3) is 7.56. The van der Waals surface area contributed by atoms with Gasteiger partial charge in [0.1, 0.15) is 0 Å². The molecule has 1 amide bonds. The molecule has 3 heterocycles. The zero-order valence-corrected chi connectivity index (χ0v) is 25.9. The van der Waals surface area contributed by atoms with Crippen LogP contribution in [0.2, 0.25) is 0 Å². The molecule has 2 aromatic carbocycles. The minimum Gasteiger partial charge on any atom is -0.490 e. The normalized spacial score (nSPS) is 16.8. The molecule has 0 saturated carbocycles. The summed E-state index contributed by atoms with van der Waals surface area (Å²) in [7, 11) is 0. The van der Waals surface area contributed by atoms with Gasteiger partial charge in [-0.25, -0.2) is 0 Å². The minimum absolute atomic E-state index is 0.333. The number of nitrogens with two attached hydrogens (primary N) is 1. The maximum absolute atomic E-state index is 12.6. The van der Waals surface area contributed by atoms with Crippen LogP contribution in [-0.4, -0.2) is 104 Å². The number of pyridine rings is 1. The molecule has 43 heavy (non-hydrogen) atoms. The molecule has 2 aliphatic rings. The number of benzene rings is 2. The summed E-state index contributed by atoms with van der Waals surface area (Å²) in [5.74, 6) is 0.695. The molecule has 10 nitrogen and oxygen atoms in total. The number of aromatic nitrogens is 1. The number of nitrogens with zero attached hydrogens (tertiary/aromatic N) is 4. The molecule has 0 atom stereocenters. The number of hydrogen-bond donors (Lipinski definition) is 2. The van der Waals surface area contributed by atoms with E-state index in [1.807, 2.05) is 26.0 Å². The van der Waals surface area contributed by atoms with Gasteiger partial charge in [0.15, 0.2) is 11.5 Å². The molecular weight excluding hydrogens is 544 g/mol. The van der Waals surface area contributed by atoms with Crippen LogP contribution in [-0.2, 0) is 17.7 Å². The van der Waals surface area contributed by atoms with Gasteiger partial charge in [0.25, 0.3) is 5.91 Å². The number of nitrogens with one attached hydrogen (secondary N) is 1. The van der Waals surface area contributed by atoms with Crippen molar-refractivity contribution in [1.29, 1.82) is 0 Å². The second kappa shape index (κ2) is 14.8. The van der Waals surface area contributed by atoms with E-state index in [1.165, 1.54) is 17.3 Å². The van der Waals surface area contributed by atoms with Crippen molar-refractivity contribution in [1.82, 2.24) is 19.7 Å². The molecule has 0 unspecified atom stereocenters. The van der Waals surface area contributed by atoms with Gasteiger partial charge in [0.05, 0.1) is 43.2 Å². The van der Waals surface area contributed by atoms with Crippen molar-refractivity contribution in [2.24, 2.45) is 5.73 Å². The van der Waals surface area contributed by atoms with Crippen molar-refractivity contribution in [2.75, 3.05) is 84.1 Å². The molecule has 2 saturated heterocycles. The van der Waals surface area contributed by atoms with Crippen LogP contribution in [0.4, 0.5) is 11.4 Å². The third-order valence-electron chi connectivity index (χ3n) is 8.38. The quantitative estimate of drug-likeness (QED) is 0.307. The monoisotopic (exact) mass is 590 g/mol. The molecule has 0 radical (unpaired) electrons. The summed E-state index contributed by atoms with van der Waals surface area (Å²) in [4.78, 5) is 24.7. The molecule has 3 N–H and O–H groups in total. The van der Waals surface area contributed by atoms with E-state index in [4.69, 9.17) is 19.9 Å². The van der Waals surface area contributed by atoms with E-state index in [-0.39, 0.29) is 0 Å². The lowest BCUT2D eigenvalue weighted by Crippen LogP contribution is -2.49. The van der Waals surface area contributed by atoms with Crippen LogP contribution in [0.25, 0.3) is 10.9 Å². The van der Waals surface area contributed by atoms with E-state index in [2.05, 4.69) is 50.1 Å². The number of rotatable bonds is 13. The molecule has 5 rings (SSSR count). The van der Waals surface area contributed by atoms with Crippen LogP contribution in [0.3, 0.4) is 0 Å². The highest BCUT2D eigenvalue weighted by Gasteiger charge is 2.22. The number of amides is 1. The largest absolute Gasteiger partial charge is 0.490 e. The Labute approximate surface area is 255 Å². The number of morpholine rings is 1. The number of primary amides is 1. The summed E-state index contributed by atoms with van der Waals surface area (Å²) in [6.45, 7) is 18.2. The first kappa shape index (κ1) is 31.0. The van der Waals surface area contributed by atoms with Gasteiger partial charge in [-0.1, -0.05) is 19.1 Å². The van der Waals surface area contributed by atoms with Crippen LogP contribution in [0.5, 0.6) is 11.5 Å².